The van der Waals surface area contributed by atoms with Gasteiger partial charge in [-0.05, 0) is 54.0 Å². The van der Waals surface area contributed by atoms with Crippen LogP contribution >= 0.6 is 0 Å². The van der Waals surface area contributed by atoms with Crippen LogP contribution in [-0.2, 0) is 6.61 Å². The number of benzene rings is 3. The number of allylic oxidation sites excluding steroid dienone is 1. The zero-order valence-electron chi connectivity index (χ0n) is 16.8. The van der Waals surface area contributed by atoms with E-state index in [1.165, 1.54) is 12.1 Å². The molecule has 0 unspecified atom stereocenters. The molecule has 1 heterocycles. The van der Waals surface area contributed by atoms with Crippen molar-refractivity contribution in [2.75, 3.05) is 0 Å². The minimum absolute atomic E-state index is 0.0131. The van der Waals surface area contributed by atoms with Gasteiger partial charge in [0.15, 0.2) is 5.76 Å². The van der Waals surface area contributed by atoms with Crippen LogP contribution in [0.5, 0.6) is 11.5 Å². The summed E-state index contributed by atoms with van der Waals surface area (Å²) < 4.78 is 11.8. The van der Waals surface area contributed by atoms with E-state index >= 15 is 0 Å². The lowest BCUT2D eigenvalue weighted by Crippen LogP contribution is -1.98. The van der Waals surface area contributed by atoms with Crippen molar-refractivity contribution in [2.45, 2.75) is 13.5 Å². The summed E-state index contributed by atoms with van der Waals surface area (Å²) in [5.74, 6) is 1.04. The zero-order chi connectivity index (χ0) is 22.0. The maximum atomic E-state index is 12.7. The maximum absolute atomic E-state index is 12.7. The van der Waals surface area contributed by atoms with Gasteiger partial charge in [-0.1, -0.05) is 36.9 Å². The summed E-state index contributed by atoms with van der Waals surface area (Å²) in [7, 11) is 0. The molecule has 0 spiro atoms. The van der Waals surface area contributed by atoms with Crippen LogP contribution in [0.4, 0.5) is 5.69 Å². The normalized spacial score (nSPS) is 13.6. The van der Waals surface area contributed by atoms with E-state index < -0.39 is 4.92 Å². The second-order valence-corrected chi connectivity index (χ2v) is 7.09. The standard InChI is InChI=1S/C25H19NO5/c1-3-17-4-6-19(7-5-17)15-30-22-13-12-21-24(27)23(31-25(21)16(22)2)14-18-8-10-20(11-9-18)26(28)29/h3-14H,1,15H2,2H3/b23-14-. The number of rotatable bonds is 6. The number of nitro groups is 1. The van der Waals surface area contributed by atoms with E-state index in [1.54, 1.807) is 36.4 Å². The molecule has 0 bridgehead atoms. The van der Waals surface area contributed by atoms with Crippen LogP contribution in [0.3, 0.4) is 0 Å². The van der Waals surface area contributed by atoms with Crippen LogP contribution in [-0.4, -0.2) is 10.7 Å². The van der Waals surface area contributed by atoms with Gasteiger partial charge in [0.25, 0.3) is 5.69 Å². The van der Waals surface area contributed by atoms with Crippen molar-refractivity contribution in [3.8, 4) is 11.5 Å². The number of hydrogen-bond acceptors (Lipinski definition) is 5. The third-order valence-electron chi connectivity index (χ3n) is 5.05. The van der Waals surface area contributed by atoms with Crippen molar-refractivity contribution in [2.24, 2.45) is 0 Å². The number of carbonyl (C=O) groups is 1. The minimum Gasteiger partial charge on any atom is -0.488 e. The summed E-state index contributed by atoms with van der Waals surface area (Å²) in [4.78, 5) is 23.1. The second-order valence-electron chi connectivity index (χ2n) is 7.09. The van der Waals surface area contributed by atoms with Gasteiger partial charge >= 0.3 is 0 Å². The number of carbonyl (C=O) groups excluding carboxylic acids is 1. The van der Waals surface area contributed by atoms with E-state index in [0.29, 0.717) is 29.2 Å². The summed E-state index contributed by atoms with van der Waals surface area (Å²) in [5, 5.41) is 10.8. The zero-order valence-corrected chi connectivity index (χ0v) is 16.8. The number of Topliss-reactive ketones (excluding diaryl/α,β-unsaturated/α-hetero) is 1. The molecule has 0 radical (unpaired) electrons. The Morgan fingerprint density at radius 3 is 2.35 bits per heavy atom. The molecule has 0 N–H and O–H groups in total. The van der Waals surface area contributed by atoms with Gasteiger partial charge < -0.3 is 9.47 Å². The van der Waals surface area contributed by atoms with Crippen LogP contribution in [0.2, 0.25) is 0 Å². The van der Waals surface area contributed by atoms with Crippen LogP contribution in [0, 0.1) is 17.0 Å². The summed E-state index contributed by atoms with van der Waals surface area (Å²) in [6.07, 6.45) is 3.36. The Bertz CT molecular complexity index is 1210. The highest BCUT2D eigenvalue weighted by Gasteiger charge is 2.30. The largest absolute Gasteiger partial charge is 0.488 e. The van der Waals surface area contributed by atoms with Crippen molar-refractivity contribution in [1.29, 1.82) is 0 Å². The lowest BCUT2D eigenvalue weighted by molar-refractivity contribution is -0.384. The Morgan fingerprint density at radius 2 is 1.71 bits per heavy atom. The first-order valence-corrected chi connectivity index (χ1v) is 9.63. The van der Waals surface area contributed by atoms with Gasteiger partial charge in [-0.3, -0.25) is 14.9 Å². The average Bonchev–Trinajstić information content (AvgIpc) is 3.10. The molecule has 0 saturated carbocycles. The molecule has 0 fully saturated rings. The molecule has 1 aliphatic rings. The number of nitrogens with zero attached hydrogens (tertiary/aromatic N) is 1. The molecule has 1 aliphatic heterocycles. The Kier molecular flexibility index (Phi) is 5.37. The van der Waals surface area contributed by atoms with Crippen molar-refractivity contribution < 1.29 is 19.2 Å². The van der Waals surface area contributed by atoms with Crippen molar-refractivity contribution in [3.63, 3.8) is 0 Å². The molecular weight excluding hydrogens is 394 g/mol. The second kappa shape index (κ2) is 8.28. The smallest absolute Gasteiger partial charge is 0.269 e. The molecule has 0 atom stereocenters. The Labute approximate surface area is 179 Å². The van der Waals surface area contributed by atoms with Crippen LogP contribution < -0.4 is 9.47 Å². The van der Waals surface area contributed by atoms with Crippen molar-refractivity contribution in [1.82, 2.24) is 0 Å². The first kappa shape index (κ1) is 20.1. The van der Waals surface area contributed by atoms with Crippen molar-refractivity contribution >= 4 is 23.6 Å². The molecule has 4 rings (SSSR count). The third kappa shape index (κ3) is 4.09. The van der Waals surface area contributed by atoms with Gasteiger partial charge in [-0.2, -0.15) is 0 Å². The lowest BCUT2D eigenvalue weighted by atomic mass is 10.1. The van der Waals surface area contributed by atoms with Crippen LogP contribution in [0.15, 0.2) is 73.0 Å². The average molecular weight is 413 g/mol. The van der Waals surface area contributed by atoms with Gasteiger partial charge in [-0.25, -0.2) is 0 Å². The Morgan fingerprint density at radius 1 is 1.03 bits per heavy atom. The number of nitro benzene ring substituents is 1. The molecule has 0 amide bonds. The Balaban J connectivity index is 1.53. The van der Waals surface area contributed by atoms with Crippen LogP contribution in [0.25, 0.3) is 12.2 Å². The summed E-state index contributed by atoms with van der Waals surface area (Å²) in [6, 6.07) is 17.3. The molecule has 3 aromatic rings. The van der Waals surface area contributed by atoms with Gasteiger partial charge in [0.1, 0.15) is 18.1 Å². The van der Waals surface area contributed by atoms with E-state index in [9.17, 15) is 14.9 Å². The van der Waals surface area contributed by atoms with Gasteiger partial charge in [-0.15, -0.1) is 0 Å². The number of ether oxygens (including phenoxy) is 2. The fourth-order valence-electron chi connectivity index (χ4n) is 3.28. The van der Waals surface area contributed by atoms with E-state index in [-0.39, 0.29) is 17.2 Å². The molecule has 0 aromatic heterocycles. The first-order chi connectivity index (χ1) is 15.0. The number of non-ortho nitro benzene ring substituents is 1. The predicted octanol–water partition coefficient (Wildman–Crippen LogP) is 5.74. The minimum atomic E-state index is -0.470. The predicted molar refractivity (Wildman–Crippen MR) is 118 cm³/mol. The topological polar surface area (TPSA) is 78.7 Å². The van der Waals surface area contributed by atoms with Crippen molar-refractivity contribution in [3.05, 3.63) is 111 Å². The third-order valence-corrected chi connectivity index (χ3v) is 5.05. The summed E-state index contributed by atoms with van der Waals surface area (Å²) in [5.41, 5.74) is 3.88. The van der Waals surface area contributed by atoms with E-state index in [1.807, 2.05) is 31.2 Å². The van der Waals surface area contributed by atoms with Gasteiger partial charge in [0.05, 0.1) is 10.5 Å². The van der Waals surface area contributed by atoms with Gasteiger partial charge in [0, 0.05) is 17.7 Å². The molecule has 0 aliphatic carbocycles. The highest BCUT2D eigenvalue weighted by Crippen LogP contribution is 2.39. The highest BCUT2D eigenvalue weighted by molar-refractivity contribution is 6.15. The fourth-order valence-corrected chi connectivity index (χ4v) is 3.28. The van der Waals surface area contributed by atoms with E-state index in [4.69, 9.17) is 9.47 Å². The van der Waals surface area contributed by atoms with E-state index in [0.717, 1.165) is 16.7 Å². The molecule has 3 aromatic carbocycles. The first-order valence-electron chi connectivity index (χ1n) is 9.63. The van der Waals surface area contributed by atoms with Crippen LogP contribution in [0.1, 0.15) is 32.6 Å². The maximum Gasteiger partial charge on any atom is 0.269 e. The highest BCUT2D eigenvalue weighted by atomic mass is 16.6. The molecule has 0 saturated heterocycles. The van der Waals surface area contributed by atoms with E-state index in [2.05, 4.69) is 6.58 Å². The SMILES string of the molecule is C=Cc1ccc(COc2ccc3c(c2C)O/C(=C\c2ccc([N+](=O)[O-])cc2)C3=O)cc1. The molecule has 6 heteroatoms. The lowest BCUT2D eigenvalue weighted by Gasteiger charge is -2.11. The molecular formula is C25H19NO5. The van der Waals surface area contributed by atoms with Gasteiger partial charge in [0.2, 0.25) is 5.78 Å². The Hall–Kier alpha value is -4.19. The summed E-state index contributed by atoms with van der Waals surface area (Å²) in [6.45, 7) is 5.97. The number of fused-ring (bicyclic) bond motifs is 1. The monoisotopic (exact) mass is 413 g/mol. The fraction of sp³-hybridized carbons (Fsp3) is 0.0800. The number of hydrogen-bond donors (Lipinski definition) is 0. The number of ketones is 1. The quantitative estimate of drug-likeness (QED) is 0.292. The molecule has 154 valence electrons. The molecule has 6 nitrogen and oxygen atoms in total. The summed E-state index contributed by atoms with van der Waals surface area (Å²) >= 11 is 0. The molecule has 31 heavy (non-hydrogen) atoms.